The lowest BCUT2D eigenvalue weighted by Gasteiger charge is -2.37. The fourth-order valence-corrected chi connectivity index (χ4v) is 3.13. The summed E-state index contributed by atoms with van der Waals surface area (Å²) in [5.41, 5.74) is 0.157. The smallest absolute Gasteiger partial charge is 0.410 e. The number of carbonyl (C=O) groups is 2. The molecule has 1 aliphatic heterocycles. The van der Waals surface area contributed by atoms with Crippen LogP contribution >= 0.6 is 23.2 Å². The van der Waals surface area contributed by atoms with Gasteiger partial charge in [0.15, 0.2) is 0 Å². The Labute approximate surface area is 151 Å². The molecule has 1 fully saturated rings. The Bertz CT molecular complexity index is 642. The second kappa shape index (κ2) is 7.19. The van der Waals surface area contributed by atoms with Crippen LogP contribution in [0, 0.1) is 5.92 Å². The van der Waals surface area contributed by atoms with Crippen molar-refractivity contribution < 1.29 is 19.4 Å². The Morgan fingerprint density at radius 1 is 1.25 bits per heavy atom. The monoisotopic (exact) mass is 373 g/mol. The first-order chi connectivity index (χ1) is 11.1. The molecular formula is C17H21Cl2NO4. The predicted octanol–water partition coefficient (Wildman–Crippen LogP) is 4.42. The number of aliphatic carboxylic acids is 1. The first kappa shape index (κ1) is 18.9. The van der Waals surface area contributed by atoms with Gasteiger partial charge in [-0.25, -0.2) is 4.79 Å². The number of halogens is 2. The molecular weight excluding hydrogens is 353 g/mol. The van der Waals surface area contributed by atoms with Crippen LogP contribution in [0.3, 0.4) is 0 Å². The van der Waals surface area contributed by atoms with Crippen molar-refractivity contribution in [2.75, 3.05) is 13.1 Å². The van der Waals surface area contributed by atoms with Crippen LogP contribution in [-0.4, -0.2) is 40.8 Å². The van der Waals surface area contributed by atoms with Gasteiger partial charge in [0, 0.05) is 19.0 Å². The first-order valence-electron chi connectivity index (χ1n) is 7.74. The standard InChI is InChI=1S/C17H21Cl2NO4/c1-17(2,3)24-16(23)20-7-6-11(15(21)22)12(9-20)10-4-5-13(18)14(19)8-10/h4-5,8,11-12H,6-7,9H2,1-3H3,(H,21,22). The topological polar surface area (TPSA) is 66.8 Å². The van der Waals surface area contributed by atoms with Gasteiger partial charge >= 0.3 is 12.1 Å². The average Bonchev–Trinajstić information content (AvgIpc) is 2.47. The molecule has 24 heavy (non-hydrogen) atoms. The first-order valence-corrected chi connectivity index (χ1v) is 8.50. The van der Waals surface area contributed by atoms with E-state index in [1.54, 1.807) is 43.9 Å². The molecule has 2 unspecified atom stereocenters. The van der Waals surface area contributed by atoms with Gasteiger partial charge in [-0.3, -0.25) is 4.79 Å². The zero-order valence-electron chi connectivity index (χ0n) is 13.9. The Balaban J connectivity index is 2.25. The molecule has 132 valence electrons. The lowest BCUT2D eigenvalue weighted by molar-refractivity contribution is -0.144. The maximum absolute atomic E-state index is 12.3. The van der Waals surface area contributed by atoms with E-state index in [9.17, 15) is 14.7 Å². The summed E-state index contributed by atoms with van der Waals surface area (Å²) < 4.78 is 5.39. The van der Waals surface area contributed by atoms with Crippen molar-refractivity contribution in [2.24, 2.45) is 5.92 Å². The van der Waals surface area contributed by atoms with Crippen LogP contribution < -0.4 is 0 Å². The minimum Gasteiger partial charge on any atom is -0.481 e. The van der Waals surface area contributed by atoms with Crippen LogP contribution in [0.4, 0.5) is 4.79 Å². The van der Waals surface area contributed by atoms with Gasteiger partial charge in [0.05, 0.1) is 16.0 Å². The molecule has 1 N–H and O–H groups in total. The highest BCUT2D eigenvalue weighted by Gasteiger charge is 2.38. The van der Waals surface area contributed by atoms with Crippen molar-refractivity contribution in [3.63, 3.8) is 0 Å². The molecule has 1 heterocycles. The quantitative estimate of drug-likeness (QED) is 0.832. The molecule has 1 aliphatic rings. The molecule has 0 aromatic heterocycles. The number of hydrogen-bond acceptors (Lipinski definition) is 3. The van der Waals surface area contributed by atoms with Crippen LogP contribution in [-0.2, 0) is 9.53 Å². The molecule has 1 amide bonds. The van der Waals surface area contributed by atoms with Crippen molar-refractivity contribution in [1.82, 2.24) is 4.90 Å². The summed E-state index contributed by atoms with van der Waals surface area (Å²) in [7, 11) is 0. The minimum absolute atomic E-state index is 0.268. The van der Waals surface area contributed by atoms with E-state index < -0.39 is 23.6 Å². The Hall–Kier alpha value is -1.46. The van der Waals surface area contributed by atoms with Gasteiger partial charge in [0.1, 0.15) is 5.60 Å². The highest BCUT2D eigenvalue weighted by atomic mass is 35.5. The number of benzene rings is 1. The van der Waals surface area contributed by atoms with Crippen LogP contribution in [0.1, 0.15) is 38.7 Å². The number of likely N-dealkylation sites (tertiary alicyclic amines) is 1. The third-order valence-electron chi connectivity index (χ3n) is 3.95. The molecule has 0 spiro atoms. The van der Waals surface area contributed by atoms with Gasteiger partial charge in [0.2, 0.25) is 0 Å². The highest BCUT2D eigenvalue weighted by molar-refractivity contribution is 6.42. The largest absolute Gasteiger partial charge is 0.481 e. The molecule has 0 radical (unpaired) electrons. The second-order valence-corrected chi connectivity index (χ2v) is 7.75. The van der Waals surface area contributed by atoms with E-state index in [0.29, 0.717) is 23.0 Å². The van der Waals surface area contributed by atoms with Crippen molar-refractivity contribution in [3.8, 4) is 0 Å². The van der Waals surface area contributed by atoms with Crippen molar-refractivity contribution >= 4 is 35.3 Å². The number of amides is 1. The van der Waals surface area contributed by atoms with Gasteiger partial charge in [-0.05, 0) is 44.9 Å². The molecule has 1 saturated heterocycles. The van der Waals surface area contributed by atoms with Crippen molar-refractivity contribution in [2.45, 2.75) is 38.7 Å². The molecule has 0 bridgehead atoms. The van der Waals surface area contributed by atoms with Gasteiger partial charge in [-0.1, -0.05) is 29.3 Å². The molecule has 2 rings (SSSR count). The molecule has 2 atom stereocenters. The summed E-state index contributed by atoms with van der Waals surface area (Å²) in [6.07, 6.45) is -0.0733. The second-order valence-electron chi connectivity index (χ2n) is 6.94. The minimum atomic E-state index is -0.880. The number of piperidine rings is 1. The van der Waals surface area contributed by atoms with Gasteiger partial charge in [0.25, 0.3) is 0 Å². The number of rotatable bonds is 2. The summed E-state index contributed by atoms with van der Waals surface area (Å²) in [5.74, 6) is -1.82. The van der Waals surface area contributed by atoms with E-state index in [1.165, 1.54) is 0 Å². The fourth-order valence-electron chi connectivity index (χ4n) is 2.82. The molecule has 1 aromatic rings. The summed E-state index contributed by atoms with van der Waals surface area (Å²) in [4.78, 5) is 25.5. The molecule has 7 heteroatoms. The Morgan fingerprint density at radius 3 is 2.46 bits per heavy atom. The maximum atomic E-state index is 12.3. The third kappa shape index (κ3) is 4.54. The van der Waals surface area contributed by atoms with E-state index in [2.05, 4.69) is 0 Å². The van der Waals surface area contributed by atoms with Gasteiger partial charge in [-0.15, -0.1) is 0 Å². The van der Waals surface area contributed by atoms with E-state index in [0.717, 1.165) is 5.56 Å². The third-order valence-corrected chi connectivity index (χ3v) is 4.69. The SMILES string of the molecule is CC(C)(C)OC(=O)N1CCC(C(=O)O)C(c2ccc(Cl)c(Cl)c2)C1. The van der Waals surface area contributed by atoms with Gasteiger partial charge in [-0.2, -0.15) is 0 Å². The lowest BCUT2D eigenvalue weighted by Crippen LogP contribution is -2.46. The van der Waals surface area contributed by atoms with E-state index in [4.69, 9.17) is 27.9 Å². The molecule has 0 aliphatic carbocycles. The fraction of sp³-hybridized carbons (Fsp3) is 0.529. The lowest BCUT2D eigenvalue weighted by atomic mass is 9.81. The van der Waals surface area contributed by atoms with E-state index in [-0.39, 0.29) is 12.5 Å². The van der Waals surface area contributed by atoms with Crippen molar-refractivity contribution in [3.05, 3.63) is 33.8 Å². The predicted molar refractivity (Wildman–Crippen MR) is 92.8 cm³/mol. The number of nitrogens with zero attached hydrogens (tertiary/aromatic N) is 1. The van der Waals surface area contributed by atoms with E-state index in [1.807, 2.05) is 0 Å². The summed E-state index contributed by atoms with van der Waals surface area (Å²) in [6.45, 7) is 6.01. The van der Waals surface area contributed by atoms with Crippen LogP contribution in [0.25, 0.3) is 0 Å². The Morgan fingerprint density at radius 2 is 1.92 bits per heavy atom. The summed E-state index contributed by atoms with van der Waals surface area (Å²) in [5, 5.41) is 10.3. The summed E-state index contributed by atoms with van der Waals surface area (Å²) in [6, 6.07) is 5.07. The number of carboxylic acids is 1. The zero-order chi connectivity index (χ0) is 18.1. The normalized spacial score (nSPS) is 21.5. The maximum Gasteiger partial charge on any atom is 0.410 e. The molecule has 1 aromatic carbocycles. The van der Waals surface area contributed by atoms with Crippen LogP contribution in [0.15, 0.2) is 18.2 Å². The Kier molecular flexibility index (Phi) is 5.66. The van der Waals surface area contributed by atoms with Crippen LogP contribution in [0.5, 0.6) is 0 Å². The number of carbonyl (C=O) groups excluding carboxylic acids is 1. The number of ether oxygens (including phenoxy) is 1. The zero-order valence-corrected chi connectivity index (χ0v) is 15.4. The van der Waals surface area contributed by atoms with Crippen LogP contribution in [0.2, 0.25) is 10.0 Å². The number of hydrogen-bond donors (Lipinski definition) is 1. The summed E-state index contributed by atoms with van der Waals surface area (Å²) >= 11 is 12.0. The number of carboxylic acid groups (broad SMARTS) is 1. The molecule has 5 nitrogen and oxygen atoms in total. The van der Waals surface area contributed by atoms with Gasteiger partial charge < -0.3 is 14.7 Å². The van der Waals surface area contributed by atoms with E-state index >= 15 is 0 Å². The highest BCUT2D eigenvalue weighted by Crippen LogP contribution is 2.36. The average molecular weight is 374 g/mol. The molecule has 0 saturated carbocycles. The van der Waals surface area contributed by atoms with Crippen molar-refractivity contribution in [1.29, 1.82) is 0 Å².